The van der Waals surface area contributed by atoms with Gasteiger partial charge in [0.1, 0.15) is 22.7 Å². The summed E-state index contributed by atoms with van der Waals surface area (Å²) in [6.07, 6.45) is 15.5. The molecule has 3 rings (SSSR count). The molecule has 34 heavy (non-hydrogen) atoms. The van der Waals surface area contributed by atoms with E-state index in [0.717, 1.165) is 37.0 Å². The van der Waals surface area contributed by atoms with E-state index in [1.165, 1.54) is 43.4 Å². The Kier molecular flexibility index (Phi) is 11.1. The first-order valence-electron chi connectivity index (χ1n) is 11.7. The molecule has 1 amide bonds. The summed E-state index contributed by atoms with van der Waals surface area (Å²) in [6.45, 7) is 4.05. The van der Waals surface area contributed by atoms with Gasteiger partial charge in [0.05, 0.1) is 10.6 Å². The zero-order chi connectivity index (χ0) is 25.0. The van der Waals surface area contributed by atoms with E-state index in [1.54, 1.807) is 24.4 Å². The lowest BCUT2D eigenvalue weighted by atomic mass is 10.1. The van der Waals surface area contributed by atoms with Gasteiger partial charge < -0.3 is 4.55 Å². The fraction of sp³-hybridized carbons (Fsp3) is 0.423. The van der Waals surface area contributed by atoms with E-state index < -0.39 is 10.1 Å². The number of nitrogens with one attached hydrogen (secondary N) is 1. The molecule has 1 aromatic heterocycles. The first kappa shape index (κ1) is 27.4. The van der Waals surface area contributed by atoms with Crippen LogP contribution in [0.1, 0.15) is 74.2 Å². The summed E-state index contributed by atoms with van der Waals surface area (Å²) in [5.41, 5.74) is 6.63. The molecule has 184 valence electrons. The molecule has 7 nitrogen and oxygen atoms in total. The van der Waals surface area contributed by atoms with E-state index in [-0.39, 0.29) is 10.8 Å². The van der Waals surface area contributed by atoms with Gasteiger partial charge in [0.25, 0.3) is 5.91 Å². The molecule has 0 aliphatic heterocycles. The first-order valence-corrected chi connectivity index (χ1v) is 13.2. The molecule has 2 aromatic rings. The van der Waals surface area contributed by atoms with Gasteiger partial charge >= 0.3 is 0 Å². The smallest absolute Gasteiger partial charge is 0.277 e. The number of benzene rings is 1. The average molecular weight is 486 g/mol. The molecule has 0 atom stereocenters. The van der Waals surface area contributed by atoms with Gasteiger partial charge in [-0.1, -0.05) is 50.0 Å². The molecule has 1 aliphatic carbocycles. The highest BCUT2D eigenvalue weighted by Crippen LogP contribution is 2.22. The Hall–Kier alpha value is -2.84. The van der Waals surface area contributed by atoms with Crippen molar-refractivity contribution in [1.29, 1.82) is 0 Å². The van der Waals surface area contributed by atoms with Crippen LogP contribution in [0.15, 0.2) is 70.4 Å². The van der Waals surface area contributed by atoms with Crippen LogP contribution in [0.5, 0.6) is 0 Å². The lowest BCUT2D eigenvalue weighted by Crippen LogP contribution is -2.30. The molecule has 1 aromatic carbocycles. The monoisotopic (exact) mass is 485 g/mol. The number of amides is 1. The SMILES string of the molecule is CCCCCC/C=C1/CCC/C1=N\NC(=O)c1ccc[n+](C)c1.Cc1ccc(S(=O)(=O)[O-])cc1. The Bertz CT molecular complexity index is 1110. The number of aryl methyl sites for hydroxylation is 2. The molecule has 0 spiro atoms. The summed E-state index contributed by atoms with van der Waals surface area (Å²) in [6, 6.07) is 9.44. The van der Waals surface area contributed by atoms with Crippen molar-refractivity contribution in [1.82, 2.24) is 5.43 Å². The minimum absolute atomic E-state index is 0.150. The molecular weight excluding hydrogens is 450 g/mol. The maximum absolute atomic E-state index is 12.1. The van der Waals surface area contributed by atoms with Crippen molar-refractivity contribution in [2.75, 3.05) is 0 Å². The zero-order valence-electron chi connectivity index (χ0n) is 20.3. The number of allylic oxidation sites excluding steroid dienone is 2. The largest absolute Gasteiger partial charge is 0.744 e. The number of unbranched alkanes of at least 4 members (excludes halogenated alkanes) is 4. The molecule has 0 unspecified atom stereocenters. The molecule has 0 bridgehead atoms. The van der Waals surface area contributed by atoms with E-state index >= 15 is 0 Å². The van der Waals surface area contributed by atoms with Crippen molar-refractivity contribution in [3.8, 4) is 0 Å². The second kappa shape index (κ2) is 13.8. The van der Waals surface area contributed by atoms with E-state index in [2.05, 4.69) is 23.5 Å². The van der Waals surface area contributed by atoms with Crippen LogP contribution in [0.4, 0.5) is 0 Å². The molecule has 8 heteroatoms. The van der Waals surface area contributed by atoms with E-state index in [0.29, 0.717) is 5.56 Å². The summed E-state index contributed by atoms with van der Waals surface area (Å²) in [5.74, 6) is -0.150. The summed E-state index contributed by atoms with van der Waals surface area (Å²) in [5, 5.41) is 4.37. The lowest BCUT2D eigenvalue weighted by Gasteiger charge is -2.05. The van der Waals surface area contributed by atoms with Crippen LogP contribution in [0, 0.1) is 6.92 Å². The van der Waals surface area contributed by atoms with Gasteiger partial charge in [0.2, 0.25) is 0 Å². The molecule has 1 fully saturated rings. The maximum Gasteiger partial charge on any atom is 0.277 e. The fourth-order valence-corrected chi connectivity index (χ4v) is 4.03. The highest BCUT2D eigenvalue weighted by Gasteiger charge is 2.16. The highest BCUT2D eigenvalue weighted by atomic mass is 32.2. The number of hydrazone groups is 1. The number of rotatable bonds is 8. The Morgan fingerprint density at radius 2 is 1.88 bits per heavy atom. The fourth-order valence-electron chi connectivity index (χ4n) is 3.56. The molecule has 1 N–H and O–H groups in total. The predicted octanol–water partition coefficient (Wildman–Crippen LogP) is 4.58. The topological polar surface area (TPSA) is 103 Å². The minimum atomic E-state index is -4.27. The number of pyridine rings is 1. The summed E-state index contributed by atoms with van der Waals surface area (Å²) in [4.78, 5) is 12.0. The zero-order valence-corrected chi connectivity index (χ0v) is 21.1. The van der Waals surface area contributed by atoms with E-state index in [1.807, 2.05) is 30.8 Å². The third-order valence-electron chi connectivity index (χ3n) is 5.48. The van der Waals surface area contributed by atoms with Crippen LogP contribution < -0.4 is 9.99 Å². The normalized spacial score (nSPS) is 15.8. The second-order valence-corrected chi connectivity index (χ2v) is 9.84. The summed E-state index contributed by atoms with van der Waals surface area (Å²) < 4.78 is 33.0. The van der Waals surface area contributed by atoms with Gasteiger partial charge in [0.15, 0.2) is 12.4 Å². The van der Waals surface area contributed by atoms with Gasteiger partial charge in [-0.2, -0.15) is 5.10 Å². The Morgan fingerprint density at radius 1 is 1.15 bits per heavy atom. The van der Waals surface area contributed by atoms with Crippen LogP contribution in [-0.4, -0.2) is 24.6 Å². The predicted molar refractivity (Wildman–Crippen MR) is 132 cm³/mol. The highest BCUT2D eigenvalue weighted by molar-refractivity contribution is 7.85. The first-order chi connectivity index (χ1) is 16.2. The number of hydrogen-bond acceptors (Lipinski definition) is 5. The Labute approximate surface area is 203 Å². The molecule has 0 saturated heterocycles. The van der Waals surface area contributed by atoms with Crippen molar-refractivity contribution in [2.45, 2.75) is 70.1 Å². The van der Waals surface area contributed by atoms with E-state index in [9.17, 15) is 17.8 Å². The molecule has 1 saturated carbocycles. The Morgan fingerprint density at radius 3 is 2.53 bits per heavy atom. The van der Waals surface area contributed by atoms with E-state index in [4.69, 9.17) is 0 Å². The van der Waals surface area contributed by atoms with Gasteiger partial charge in [-0.05, 0) is 62.8 Å². The molecule has 1 heterocycles. The van der Waals surface area contributed by atoms with Crippen molar-refractivity contribution < 1.29 is 22.3 Å². The molecular formula is C26H35N3O4S. The van der Waals surface area contributed by atoms with Crippen LogP contribution in [0.3, 0.4) is 0 Å². The second-order valence-electron chi connectivity index (χ2n) is 8.46. The van der Waals surface area contributed by atoms with Crippen LogP contribution in [0.25, 0.3) is 0 Å². The standard InChI is InChI=1S/C19H27N3O.C7H8O3S/c1-3-4-5-6-7-10-16-11-8-13-18(16)20-21-19(23)17-12-9-14-22(2)15-17;1-6-2-4-7(5-3-6)11(8,9)10/h9-10,12,14-15H,3-8,11,13H2,1-2H3;2-5H,1H3,(H,8,9,10)/b16-10-,20-18+;. The molecule has 1 aliphatic rings. The lowest BCUT2D eigenvalue weighted by molar-refractivity contribution is -0.671. The number of hydrogen-bond donors (Lipinski definition) is 1. The van der Waals surface area contributed by atoms with Crippen LogP contribution >= 0.6 is 0 Å². The molecule has 0 radical (unpaired) electrons. The number of nitrogens with zero attached hydrogens (tertiary/aromatic N) is 2. The van der Waals surface area contributed by atoms with Gasteiger partial charge in [-0.3, -0.25) is 4.79 Å². The van der Waals surface area contributed by atoms with Gasteiger partial charge in [-0.25, -0.2) is 18.4 Å². The third-order valence-corrected chi connectivity index (χ3v) is 6.33. The summed E-state index contributed by atoms with van der Waals surface area (Å²) >= 11 is 0. The quantitative estimate of drug-likeness (QED) is 0.256. The average Bonchev–Trinajstić information content (AvgIpc) is 3.25. The van der Waals surface area contributed by atoms with Crippen molar-refractivity contribution >= 4 is 21.7 Å². The van der Waals surface area contributed by atoms with Crippen molar-refractivity contribution in [3.63, 3.8) is 0 Å². The number of aromatic nitrogens is 1. The number of carbonyl (C=O) groups is 1. The van der Waals surface area contributed by atoms with Gasteiger partial charge in [0, 0.05) is 6.07 Å². The third kappa shape index (κ3) is 9.57. The Balaban J connectivity index is 0.000000310. The van der Waals surface area contributed by atoms with Crippen LogP contribution in [0.2, 0.25) is 0 Å². The van der Waals surface area contributed by atoms with Crippen molar-refractivity contribution in [3.05, 3.63) is 71.6 Å². The maximum atomic E-state index is 12.1. The van der Waals surface area contributed by atoms with Crippen LogP contribution in [-0.2, 0) is 17.2 Å². The minimum Gasteiger partial charge on any atom is -0.744 e. The number of carbonyl (C=O) groups excluding carboxylic acids is 1. The summed E-state index contributed by atoms with van der Waals surface area (Å²) in [7, 11) is -2.37. The van der Waals surface area contributed by atoms with Gasteiger partial charge in [-0.15, -0.1) is 0 Å². The van der Waals surface area contributed by atoms with Crippen molar-refractivity contribution in [2.24, 2.45) is 12.1 Å².